The molecule has 0 saturated heterocycles. The molecule has 0 atom stereocenters. The molecule has 4 heteroatoms. The predicted octanol–water partition coefficient (Wildman–Crippen LogP) is 4.08. The standard InChI is InChI=1S/C17H18FNO2/c1-17(2,3)11-7-4-5-9-13(11)19-16(21)15-12(18)8-6-10-14(15)20/h4-10,20H,1-3H3,(H,19,21). The summed E-state index contributed by atoms with van der Waals surface area (Å²) in [6.07, 6.45) is 0. The van der Waals surface area contributed by atoms with Gasteiger partial charge < -0.3 is 10.4 Å². The summed E-state index contributed by atoms with van der Waals surface area (Å²) in [5.41, 5.74) is 1.04. The number of benzene rings is 2. The summed E-state index contributed by atoms with van der Waals surface area (Å²) in [4.78, 5) is 12.2. The number of anilines is 1. The Labute approximate surface area is 123 Å². The van der Waals surface area contributed by atoms with Crippen LogP contribution in [-0.4, -0.2) is 11.0 Å². The number of carbonyl (C=O) groups is 1. The predicted molar refractivity (Wildman–Crippen MR) is 81.2 cm³/mol. The molecule has 0 spiro atoms. The number of rotatable bonds is 2. The van der Waals surface area contributed by atoms with Crippen LogP contribution in [-0.2, 0) is 5.41 Å². The molecule has 0 radical (unpaired) electrons. The Morgan fingerprint density at radius 1 is 1.10 bits per heavy atom. The largest absolute Gasteiger partial charge is 0.507 e. The number of phenolic OH excluding ortho intramolecular Hbond substituents is 1. The van der Waals surface area contributed by atoms with Crippen LogP contribution < -0.4 is 5.32 Å². The molecule has 2 aromatic rings. The summed E-state index contributed by atoms with van der Waals surface area (Å²) < 4.78 is 13.7. The maximum absolute atomic E-state index is 13.7. The molecule has 2 rings (SSSR count). The van der Waals surface area contributed by atoms with Gasteiger partial charge in [-0.3, -0.25) is 4.79 Å². The van der Waals surface area contributed by atoms with E-state index in [0.29, 0.717) is 5.69 Å². The Bertz CT molecular complexity index is 654. The first-order valence-corrected chi connectivity index (χ1v) is 6.69. The molecule has 0 unspecified atom stereocenters. The summed E-state index contributed by atoms with van der Waals surface area (Å²) in [7, 11) is 0. The van der Waals surface area contributed by atoms with Gasteiger partial charge in [0.1, 0.15) is 17.1 Å². The minimum absolute atomic E-state index is 0.166. The minimum atomic E-state index is -0.749. The lowest BCUT2D eigenvalue weighted by molar-refractivity contribution is 0.102. The number of amides is 1. The van der Waals surface area contributed by atoms with Gasteiger partial charge in [-0.2, -0.15) is 0 Å². The van der Waals surface area contributed by atoms with Crippen molar-refractivity contribution in [2.75, 3.05) is 5.32 Å². The van der Waals surface area contributed by atoms with Crippen molar-refractivity contribution in [1.29, 1.82) is 0 Å². The maximum atomic E-state index is 13.7. The normalized spacial score (nSPS) is 11.2. The molecule has 3 nitrogen and oxygen atoms in total. The van der Waals surface area contributed by atoms with Crippen molar-refractivity contribution in [3.63, 3.8) is 0 Å². The van der Waals surface area contributed by atoms with Gasteiger partial charge in [0.05, 0.1) is 0 Å². The number of aromatic hydroxyl groups is 1. The highest BCUT2D eigenvalue weighted by molar-refractivity contribution is 6.06. The molecule has 2 aromatic carbocycles. The van der Waals surface area contributed by atoms with Gasteiger partial charge in [0.25, 0.3) is 5.91 Å². The van der Waals surface area contributed by atoms with E-state index < -0.39 is 11.7 Å². The second-order valence-electron chi connectivity index (χ2n) is 5.88. The number of phenols is 1. The van der Waals surface area contributed by atoms with Crippen LogP contribution >= 0.6 is 0 Å². The van der Waals surface area contributed by atoms with E-state index >= 15 is 0 Å². The van der Waals surface area contributed by atoms with Crippen LogP contribution in [0.25, 0.3) is 0 Å². The molecular formula is C17H18FNO2. The fraction of sp³-hybridized carbons (Fsp3) is 0.235. The van der Waals surface area contributed by atoms with Gasteiger partial charge in [0.2, 0.25) is 0 Å². The summed E-state index contributed by atoms with van der Waals surface area (Å²) >= 11 is 0. The zero-order valence-corrected chi connectivity index (χ0v) is 12.3. The monoisotopic (exact) mass is 287 g/mol. The SMILES string of the molecule is CC(C)(C)c1ccccc1NC(=O)c1c(O)cccc1F. The molecule has 0 aliphatic rings. The molecule has 2 N–H and O–H groups in total. The molecule has 21 heavy (non-hydrogen) atoms. The molecular weight excluding hydrogens is 269 g/mol. The number of halogens is 1. The molecule has 1 amide bonds. The Morgan fingerprint density at radius 3 is 2.38 bits per heavy atom. The highest BCUT2D eigenvalue weighted by atomic mass is 19.1. The van der Waals surface area contributed by atoms with Crippen LogP contribution in [0.2, 0.25) is 0 Å². The number of nitrogens with one attached hydrogen (secondary N) is 1. The van der Waals surface area contributed by atoms with Crippen LogP contribution in [0.5, 0.6) is 5.75 Å². The Hall–Kier alpha value is -2.36. The molecule has 0 heterocycles. The Balaban J connectivity index is 2.38. The van der Waals surface area contributed by atoms with Crippen molar-refractivity contribution in [2.24, 2.45) is 0 Å². The zero-order valence-electron chi connectivity index (χ0n) is 12.3. The minimum Gasteiger partial charge on any atom is -0.507 e. The quantitative estimate of drug-likeness (QED) is 0.874. The first-order chi connectivity index (χ1) is 9.80. The van der Waals surface area contributed by atoms with Crippen molar-refractivity contribution >= 4 is 11.6 Å². The number of hydrogen-bond donors (Lipinski definition) is 2. The first-order valence-electron chi connectivity index (χ1n) is 6.69. The molecule has 0 fully saturated rings. The van der Waals surface area contributed by atoms with E-state index in [0.717, 1.165) is 11.6 Å². The van der Waals surface area contributed by atoms with Gasteiger partial charge in [0, 0.05) is 5.69 Å². The zero-order chi connectivity index (χ0) is 15.6. The third kappa shape index (κ3) is 3.21. The lowest BCUT2D eigenvalue weighted by Crippen LogP contribution is -2.19. The van der Waals surface area contributed by atoms with E-state index in [1.54, 1.807) is 12.1 Å². The van der Waals surface area contributed by atoms with Crippen LogP contribution in [0.15, 0.2) is 42.5 Å². The van der Waals surface area contributed by atoms with Gasteiger partial charge in [-0.25, -0.2) is 4.39 Å². The van der Waals surface area contributed by atoms with Gasteiger partial charge in [-0.15, -0.1) is 0 Å². The lowest BCUT2D eigenvalue weighted by Gasteiger charge is -2.23. The van der Waals surface area contributed by atoms with Crippen molar-refractivity contribution in [2.45, 2.75) is 26.2 Å². The summed E-state index contributed by atoms with van der Waals surface area (Å²) in [6, 6.07) is 11.1. The first kappa shape index (κ1) is 15.0. The lowest BCUT2D eigenvalue weighted by atomic mass is 9.86. The summed E-state index contributed by atoms with van der Waals surface area (Å²) in [5.74, 6) is -1.79. The second kappa shape index (κ2) is 5.56. The van der Waals surface area contributed by atoms with E-state index in [1.165, 1.54) is 12.1 Å². The van der Waals surface area contributed by atoms with E-state index in [1.807, 2.05) is 32.9 Å². The third-order valence-corrected chi connectivity index (χ3v) is 3.20. The number of hydrogen-bond acceptors (Lipinski definition) is 2. The smallest absolute Gasteiger partial charge is 0.262 e. The van der Waals surface area contributed by atoms with Crippen molar-refractivity contribution in [3.8, 4) is 5.75 Å². The second-order valence-corrected chi connectivity index (χ2v) is 5.88. The Kier molecular flexibility index (Phi) is 3.98. The van der Waals surface area contributed by atoms with Crippen LogP contribution in [0.1, 0.15) is 36.7 Å². The average molecular weight is 287 g/mol. The highest BCUT2D eigenvalue weighted by Gasteiger charge is 2.21. The van der Waals surface area contributed by atoms with E-state index in [-0.39, 0.29) is 16.7 Å². The Morgan fingerprint density at radius 2 is 1.76 bits per heavy atom. The molecule has 0 aliphatic carbocycles. The van der Waals surface area contributed by atoms with E-state index in [9.17, 15) is 14.3 Å². The molecule has 0 aromatic heterocycles. The molecule has 110 valence electrons. The van der Waals surface area contributed by atoms with Crippen molar-refractivity contribution in [3.05, 3.63) is 59.4 Å². The van der Waals surface area contributed by atoms with E-state index in [4.69, 9.17) is 0 Å². The fourth-order valence-electron chi connectivity index (χ4n) is 2.17. The summed E-state index contributed by atoms with van der Waals surface area (Å²) in [5, 5.41) is 12.3. The summed E-state index contributed by atoms with van der Waals surface area (Å²) in [6.45, 7) is 6.08. The highest BCUT2D eigenvalue weighted by Crippen LogP contribution is 2.30. The van der Waals surface area contributed by atoms with Crippen LogP contribution in [0.3, 0.4) is 0 Å². The van der Waals surface area contributed by atoms with Gasteiger partial charge in [-0.05, 0) is 29.2 Å². The van der Waals surface area contributed by atoms with Gasteiger partial charge in [0.15, 0.2) is 0 Å². The van der Waals surface area contributed by atoms with E-state index in [2.05, 4.69) is 5.32 Å². The van der Waals surface area contributed by atoms with Gasteiger partial charge >= 0.3 is 0 Å². The fourth-order valence-corrected chi connectivity index (χ4v) is 2.17. The number of carbonyl (C=O) groups excluding carboxylic acids is 1. The van der Waals surface area contributed by atoms with Gasteiger partial charge in [-0.1, -0.05) is 45.0 Å². The van der Waals surface area contributed by atoms with Crippen molar-refractivity contribution < 1.29 is 14.3 Å². The van der Waals surface area contributed by atoms with Crippen molar-refractivity contribution in [1.82, 2.24) is 0 Å². The third-order valence-electron chi connectivity index (χ3n) is 3.20. The maximum Gasteiger partial charge on any atom is 0.262 e. The topological polar surface area (TPSA) is 49.3 Å². The van der Waals surface area contributed by atoms with Crippen LogP contribution in [0.4, 0.5) is 10.1 Å². The molecule has 0 bridgehead atoms. The average Bonchev–Trinajstić information content (AvgIpc) is 2.37. The number of para-hydroxylation sites is 1. The molecule has 0 aliphatic heterocycles. The molecule has 0 saturated carbocycles. The van der Waals surface area contributed by atoms with Crippen LogP contribution in [0, 0.1) is 5.82 Å².